The number of amides is 1. The van der Waals surface area contributed by atoms with Crippen LogP contribution in [0.5, 0.6) is 0 Å². The van der Waals surface area contributed by atoms with E-state index in [2.05, 4.69) is 45.6 Å². The van der Waals surface area contributed by atoms with Crippen molar-refractivity contribution in [2.45, 2.75) is 82.6 Å². The third kappa shape index (κ3) is 2.77. The van der Waals surface area contributed by atoms with Crippen LogP contribution in [-0.2, 0) is 21.9 Å². The zero-order chi connectivity index (χ0) is 27.4. The fourth-order valence-corrected chi connectivity index (χ4v) is 8.04. The van der Waals surface area contributed by atoms with Crippen molar-refractivity contribution in [1.82, 2.24) is 14.5 Å². The minimum absolute atomic E-state index is 0.0597. The lowest BCUT2D eigenvalue weighted by Crippen LogP contribution is -2.58. The number of hydrogen-bond acceptors (Lipinski definition) is 5. The molecule has 0 spiro atoms. The van der Waals surface area contributed by atoms with Gasteiger partial charge in [-0.25, -0.2) is 4.89 Å². The minimum Gasteiger partial charge on any atom is -0.382 e. The fraction of sp³-hybridized carbons (Fsp3) is 0.406. The van der Waals surface area contributed by atoms with Gasteiger partial charge < -0.3 is 24.3 Å². The maximum absolute atomic E-state index is 13.4. The van der Waals surface area contributed by atoms with E-state index in [9.17, 15) is 15.2 Å². The third-order valence-electron chi connectivity index (χ3n) is 9.87. The molecule has 8 nitrogen and oxygen atoms in total. The Labute approximate surface area is 231 Å². The number of aromatic nitrogens is 2. The summed E-state index contributed by atoms with van der Waals surface area (Å²) in [6.45, 7) is 4.53. The SMILES string of the molecule is CCCCCC[C@H](OO)C1(O)CC2OC1(C)n1c3ccccc3c3c4c(c5c6ccccc6n2c5c31)C(=O)NC4. The first-order valence-electron chi connectivity index (χ1n) is 14.4. The van der Waals surface area contributed by atoms with Gasteiger partial charge in [-0.1, -0.05) is 69.0 Å². The zero-order valence-corrected chi connectivity index (χ0v) is 22.7. The zero-order valence-electron chi connectivity index (χ0n) is 22.7. The molecule has 206 valence electrons. The van der Waals surface area contributed by atoms with Crippen LogP contribution in [-0.4, -0.2) is 37.1 Å². The van der Waals surface area contributed by atoms with Gasteiger partial charge in [0.25, 0.3) is 5.91 Å². The Hall–Kier alpha value is -3.43. The summed E-state index contributed by atoms with van der Waals surface area (Å²) in [5, 5.41) is 29.9. The van der Waals surface area contributed by atoms with Crippen molar-refractivity contribution in [2.75, 3.05) is 0 Å². The van der Waals surface area contributed by atoms with E-state index in [0.717, 1.165) is 80.4 Å². The number of para-hydroxylation sites is 2. The summed E-state index contributed by atoms with van der Waals surface area (Å²) in [5.41, 5.74) is 2.67. The van der Waals surface area contributed by atoms with E-state index in [-0.39, 0.29) is 12.3 Å². The molecule has 40 heavy (non-hydrogen) atoms. The predicted molar refractivity (Wildman–Crippen MR) is 153 cm³/mol. The Morgan fingerprint density at radius 3 is 2.52 bits per heavy atom. The van der Waals surface area contributed by atoms with Crippen LogP contribution in [0.3, 0.4) is 0 Å². The normalized spacial score (nSPS) is 25.9. The van der Waals surface area contributed by atoms with Gasteiger partial charge in [-0.15, -0.1) is 0 Å². The molecule has 8 rings (SSSR count). The molecule has 1 saturated heterocycles. The van der Waals surface area contributed by atoms with Gasteiger partial charge >= 0.3 is 0 Å². The van der Waals surface area contributed by atoms with Crippen molar-refractivity contribution < 1.29 is 24.8 Å². The lowest BCUT2D eigenvalue weighted by Gasteiger charge is -2.43. The Bertz CT molecular complexity index is 1870. The molecule has 4 atom stereocenters. The highest BCUT2D eigenvalue weighted by molar-refractivity contribution is 6.31. The van der Waals surface area contributed by atoms with E-state index < -0.39 is 23.7 Å². The molecule has 0 aliphatic carbocycles. The maximum atomic E-state index is 13.4. The predicted octanol–water partition coefficient (Wildman–Crippen LogP) is 6.31. The highest BCUT2D eigenvalue weighted by atomic mass is 17.1. The van der Waals surface area contributed by atoms with Crippen LogP contribution in [0.15, 0.2) is 48.5 Å². The van der Waals surface area contributed by atoms with Crippen LogP contribution in [0, 0.1) is 0 Å². The van der Waals surface area contributed by atoms with Crippen LogP contribution in [0.25, 0.3) is 43.6 Å². The van der Waals surface area contributed by atoms with Crippen LogP contribution in [0.1, 0.15) is 74.5 Å². The van der Waals surface area contributed by atoms with Gasteiger partial charge in [0, 0.05) is 34.5 Å². The molecular formula is C32H33N3O5. The first-order valence-corrected chi connectivity index (χ1v) is 14.4. The van der Waals surface area contributed by atoms with Gasteiger partial charge in [-0.2, -0.15) is 0 Å². The lowest BCUT2D eigenvalue weighted by molar-refractivity contribution is -0.338. The number of ether oxygens (including phenoxy) is 1. The number of nitrogens with zero attached hydrogens (tertiary/aromatic N) is 2. The molecule has 1 fully saturated rings. The number of fused-ring (bicyclic) bond motifs is 13. The van der Waals surface area contributed by atoms with Gasteiger partial charge in [0.1, 0.15) is 17.9 Å². The fourth-order valence-electron chi connectivity index (χ4n) is 8.04. The summed E-state index contributed by atoms with van der Waals surface area (Å²) in [4.78, 5) is 18.5. The second kappa shape index (κ2) is 8.30. The van der Waals surface area contributed by atoms with Crippen molar-refractivity contribution in [2.24, 2.45) is 0 Å². The second-order valence-electron chi connectivity index (χ2n) is 11.9. The summed E-state index contributed by atoms with van der Waals surface area (Å²) in [6, 6.07) is 16.2. The topological polar surface area (TPSA) is 97.9 Å². The van der Waals surface area contributed by atoms with Gasteiger partial charge in [-0.05, 0) is 31.0 Å². The molecule has 3 N–H and O–H groups in total. The van der Waals surface area contributed by atoms with Crippen LogP contribution < -0.4 is 5.32 Å². The van der Waals surface area contributed by atoms with Gasteiger partial charge in [0.05, 0.1) is 27.6 Å². The highest BCUT2D eigenvalue weighted by Crippen LogP contribution is 2.59. The number of rotatable bonds is 7. The van der Waals surface area contributed by atoms with E-state index >= 15 is 0 Å². The minimum atomic E-state index is -1.53. The molecule has 0 radical (unpaired) electrons. The van der Waals surface area contributed by atoms with E-state index in [0.29, 0.717) is 13.0 Å². The van der Waals surface area contributed by atoms with E-state index in [1.807, 2.05) is 31.2 Å². The Morgan fingerprint density at radius 1 is 1.05 bits per heavy atom. The molecule has 2 aromatic heterocycles. The van der Waals surface area contributed by atoms with Crippen LogP contribution in [0.4, 0.5) is 0 Å². The molecule has 8 heteroatoms. The van der Waals surface area contributed by atoms with Crippen molar-refractivity contribution in [3.05, 3.63) is 59.7 Å². The molecule has 2 bridgehead atoms. The maximum Gasteiger partial charge on any atom is 0.252 e. The number of hydrogen-bond donors (Lipinski definition) is 3. The van der Waals surface area contributed by atoms with E-state index in [1.54, 1.807) is 0 Å². The molecule has 0 saturated carbocycles. The highest BCUT2D eigenvalue weighted by Gasteiger charge is 2.64. The summed E-state index contributed by atoms with van der Waals surface area (Å²) in [6.07, 6.45) is 3.39. The van der Waals surface area contributed by atoms with Gasteiger partial charge in [0.2, 0.25) is 0 Å². The summed E-state index contributed by atoms with van der Waals surface area (Å²) >= 11 is 0. The van der Waals surface area contributed by atoms with Crippen LogP contribution in [0.2, 0.25) is 0 Å². The number of aliphatic hydroxyl groups is 1. The number of nitrogens with one attached hydrogen (secondary N) is 1. The molecule has 3 aromatic carbocycles. The third-order valence-corrected chi connectivity index (χ3v) is 9.87. The van der Waals surface area contributed by atoms with Gasteiger partial charge in [-0.3, -0.25) is 10.1 Å². The standard InChI is InChI=1S/C32H33N3O5/c1-3-4-5-6-15-23(40-38)32(37)16-24-34-21-13-9-7-11-18(21)26-27-20(17-33-30(27)36)25-19-12-8-10-14-22(19)35(29(25)28(26)34)31(32,2)39-24/h7-14,23-24,37-38H,3-6,15-17H2,1-2H3,(H,33,36)/t23-,24?,31?,32?/m0/s1. The Morgan fingerprint density at radius 2 is 1.77 bits per heavy atom. The van der Waals surface area contributed by atoms with Crippen molar-refractivity contribution in [3.63, 3.8) is 0 Å². The average Bonchev–Trinajstić information content (AvgIpc) is 3.65. The van der Waals surface area contributed by atoms with Crippen molar-refractivity contribution in [1.29, 1.82) is 0 Å². The van der Waals surface area contributed by atoms with Crippen molar-refractivity contribution >= 4 is 49.5 Å². The molecule has 3 unspecified atom stereocenters. The van der Waals surface area contributed by atoms with Crippen molar-refractivity contribution in [3.8, 4) is 0 Å². The average molecular weight is 540 g/mol. The quantitative estimate of drug-likeness (QED) is 0.128. The monoisotopic (exact) mass is 539 g/mol. The Balaban J connectivity index is 1.52. The Kier molecular flexibility index (Phi) is 5.06. The number of carbonyl (C=O) groups excluding carboxylic acids is 1. The second-order valence-corrected chi connectivity index (χ2v) is 11.9. The molecular weight excluding hydrogens is 506 g/mol. The number of unbranched alkanes of at least 4 members (excludes halogenated alkanes) is 3. The molecule has 5 aromatic rings. The van der Waals surface area contributed by atoms with E-state index in [4.69, 9.17) is 9.62 Å². The summed E-state index contributed by atoms with van der Waals surface area (Å²) < 4.78 is 11.3. The largest absolute Gasteiger partial charge is 0.382 e. The number of carbonyl (C=O) groups is 1. The number of benzene rings is 3. The molecule has 5 heterocycles. The summed E-state index contributed by atoms with van der Waals surface area (Å²) in [5.74, 6) is -0.0597. The lowest BCUT2D eigenvalue weighted by atomic mass is 9.81. The first kappa shape index (κ1) is 24.4. The van der Waals surface area contributed by atoms with Gasteiger partial charge in [0.15, 0.2) is 5.72 Å². The van der Waals surface area contributed by atoms with E-state index in [1.165, 1.54) is 0 Å². The molecule has 1 amide bonds. The smallest absolute Gasteiger partial charge is 0.252 e. The first-order chi connectivity index (χ1) is 19.4. The molecule has 3 aliphatic heterocycles. The molecule has 3 aliphatic rings. The van der Waals surface area contributed by atoms with Crippen LogP contribution >= 0.6 is 0 Å². The summed E-state index contributed by atoms with van der Waals surface area (Å²) in [7, 11) is 0.